The van der Waals surface area contributed by atoms with Crippen molar-refractivity contribution in [2.75, 3.05) is 6.54 Å². The van der Waals surface area contributed by atoms with E-state index in [-0.39, 0.29) is 0 Å². The highest BCUT2D eigenvalue weighted by Crippen LogP contribution is 2.31. The third-order valence-electron chi connectivity index (χ3n) is 1.76. The Morgan fingerprint density at radius 3 is 2.80 bits per heavy atom. The molecule has 1 aliphatic rings. The maximum Gasteiger partial charge on any atom is 0.0931 e. The minimum absolute atomic E-state index is 0.595. The van der Waals surface area contributed by atoms with Gasteiger partial charge in [-0.1, -0.05) is 11.6 Å². The average molecular weight is 174 g/mol. The normalized spacial score (nSPS) is 24.3. The maximum atomic E-state index is 5.78. The molecule has 0 aromatic carbocycles. The molecule has 1 atom stereocenters. The van der Waals surface area contributed by atoms with Crippen LogP contribution in [0.25, 0.3) is 0 Å². The standard InChI is InChI=1S/C7H8ClNS/c8-7-2-1-6(10-7)5-3-4-9-5/h1-2,5,9H,3-4H2/t5-/m1/s1. The van der Waals surface area contributed by atoms with E-state index in [2.05, 4.69) is 11.4 Å². The van der Waals surface area contributed by atoms with Crippen molar-refractivity contribution >= 4 is 22.9 Å². The number of nitrogens with one attached hydrogen (secondary N) is 1. The quantitative estimate of drug-likeness (QED) is 0.688. The lowest BCUT2D eigenvalue weighted by Gasteiger charge is -2.26. The molecule has 1 fully saturated rings. The van der Waals surface area contributed by atoms with Crippen molar-refractivity contribution in [1.82, 2.24) is 5.32 Å². The number of halogens is 1. The van der Waals surface area contributed by atoms with Crippen molar-refractivity contribution in [2.24, 2.45) is 0 Å². The summed E-state index contributed by atoms with van der Waals surface area (Å²) in [4.78, 5) is 1.37. The Morgan fingerprint density at radius 2 is 2.40 bits per heavy atom. The molecule has 2 rings (SSSR count). The Labute approximate surface area is 69.0 Å². The van der Waals surface area contributed by atoms with Crippen LogP contribution in [0.5, 0.6) is 0 Å². The molecule has 0 unspecified atom stereocenters. The second-order valence-corrected chi connectivity index (χ2v) is 4.18. The Kier molecular flexibility index (Phi) is 1.68. The molecule has 2 heterocycles. The molecule has 54 valence electrons. The molecule has 0 bridgehead atoms. The van der Waals surface area contributed by atoms with E-state index in [0.717, 1.165) is 10.9 Å². The van der Waals surface area contributed by atoms with Crippen LogP contribution in [0.15, 0.2) is 12.1 Å². The minimum atomic E-state index is 0.595. The fourth-order valence-corrected chi connectivity index (χ4v) is 2.22. The molecule has 0 saturated carbocycles. The molecule has 10 heavy (non-hydrogen) atoms. The van der Waals surface area contributed by atoms with E-state index in [1.807, 2.05) is 6.07 Å². The van der Waals surface area contributed by atoms with Gasteiger partial charge in [0.2, 0.25) is 0 Å². The number of hydrogen-bond acceptors (Lipinski definition) is 2. The number of thiophene rings is 1. The first-order valence-corrected chi connectivity index (χ1v) is 4.54. The molecule has 3 heteroatoms. The van der Waals surface area contributed by atoms with Gasteiger partial charge >= 0.3 is 0 Å². The maximum absolute atomic E-state index is 5.78. The van der Waals surface area contributed by atoms with E-state index < -0.39 is 0 Å². The summed E-state index contributed by atoms with van der Waals surface area (Å²) in [5, 5.41) is 3.33. The Morgan fingerprint density at radius 1 is 1.60 bits per heavy atom. The predicted molar refractivity (Wildman–Crippen MR) is 44.7 cm³/mol. The molecule has 1 saturated heterocycles. The van der Waals surface area contributed by atoms with Gasteiger partial charge in [0.05, 0.1) is 4.34 Å². The van der Waals surface area contributed by atoms with Gasteiger partial charge in [0, 0.05) is 10.9 Å². The van der Waals surface area contributed by atoms with Crippen molar-refractivity contribution in [3.8, 4) is 0 Å². The minimum Gasteiger partial charge on any atom is -0.309 e. The highest BCUT2D eigenvalue weighted by molar-refractivity contribution is 7.16. The molecule has 0 amide bonds. The van der Waals surface area contributed by atoms with Crippen LogP contribution < -0.4 is 5.32 Å². The van der Waals surface area contributed by atoms with Gasteiger partial charge in [-0.2, -0.15) is 0 Å². The van der Waals surface area contributed by atoms with Crippen LogP contribution in [-0.4, -0.2) is 6.54 Å². The van der Waals surface area contributed by atoms with Gasteiger partial charge in [-0.05, 0) is 25.1 Å². The highest BCUT2D eigenvalue weighted by Gasteiger charge is 2.19. The SMILES string of the molecule is Clc1ccc([C@H]2CCN2)s1. The van der Waals surface area contributed by atoms with Crippen molar-refractivity contribution in [3.63, 3.8) is 0 Å². The third kappa shape index (κ3) is 1.07. The topological polar surface area (TPSA) is 12.0 Å². The second-order valence-electron chi connectivity index (χ2n) is 2.44. The largest absolute Gasteiger partial charge is 0.309 e. The molecule has 1 aliphatic heterocycles. The Balaban J connectivity index is 2.17. The molecular weight excluding hydrogens is 166 g/mol. The van der Waals surface area contributed by atoms with Crippen LogP contribution in [0.1, 0.15) is 17.3 Å². The Bertz CT molecular complexity index is 229. The van der Waals surface area contributed by atoms with E-state index in [0.29, 0.717) is 6.04 Å². The van der Waals surface area contributed by atoms with E-state index in [1.54, 1.807) is 11.3 Å². The molecule has 1 aromatic heterocycles. The van der Waals surface area contributed by atoms with E-state index in [4.69, 9.17) is 11.6 Å². The van der Waals surface area contributed by atoms with Crippen LogP contribution in [-0.2, 0) is 0 Å². The molecule has 0 aliphatic carbocycles. The summed E-state index contributed by atoms with van der Waals surface area (Å²) in [7, 11) is 0. The zero-order valence-electron chi connectivity index (χ0n) is 5.43. The summed E-state index contributed by atoms with van der Waals surface area (Å²) < 4.78 is 0.892. The molecule has 0 radical (unpaired) electrons. The third-order valence-corrected chi connectivity index (χ3v) is 3.11. The summed E-state index contributed by atoms with van der Waals surface area (Å²) in [6, 6.07) is 4.66. The average Bonchev–Trinajstić information content (AvgIpc) is 2.10. The summed E-state index contributed by atoms with van der Waals surface area (Å²) in [5.41, 5.74) is 0. The number of rotatable bonds is 1. The van der Waals surface area contributed by atoms with Crippen molar-refractivity contribution in [2.45, 2.75) is 12.5 Å². The molecule has 0 spiro atoms. The summed E-state index contributed by atoms with van der Waals surface area (Å²) >= 11 is 7.45. The first-order chi connectivity index (χ1) is 4.86. The smallest absolute Gasteiger partial charge is 0.0931 e. The Hall–Kier alpha value is -0.0500. The fourth-order valence-electron chi connectivity index (χ4n) is 1.05. The monoisotopic (exact) mass is 173 g/mol. The highest BCUT2D eigenvalue weighted by atomic mass is 35.5. The van der Waals surface area contributed by atoms with Gasteiger partial charge in [0.15, 0.2) is 0 Å². The van der Waals surface area contributed by atoms with Gasteiger partial charge in [-0.15, -0.1) is 11.3 Å². The van der Waals surface area contributed by atoms with Crippen LogP contribution in [0.3, 0.4) is 0 Å². The van der Waals surface area contributed by atoms with Gasteiger partial charge in [0.1, 0.15) is 0 Å². The van der Waals surface area contributed by atoms with Crippen molar-refractivity contribution in [3.05, 3.63) is 21.3 Å². The van der Waals surface area contributed by atoms with Crippen LogP contribution in [0, 0.1) is 0 Å². The summed E-state index contributed by atoms with van der Waals surface area (Å²) in [5.74, 6) is 0. The van der Waals surface area contributed by atoms with Gasteiger partial charge in [-0.25, -0.2) is 0 Å². The zero-order valence-corrected chi connectivity index (χ0v) is 7.00. The van der Waals surface area contributed by atoms with Crippen LogP contribution in [0.2, 0.25) is 4.34 Å². The molecule has 1 N–H and O–H groups in total. The van der Waals surface area contributed by atoms with Crippen LogP contribution >= 0.6 is 22.9 Å². The first kappa shape index (κ1) is 6.65. The predicted octanol–water partition coefficient (Wildman–Crippen LogP) is 2.44. The summed E-state index contributed by atoms with van der Waals surface area (Å²) in [6.07, 6.45) is 1.26. The van der Waals surface area contributed by atoms with E-state index in [1.165, 1.54) is 11.3 Å². The van der Waals surface area contributed by atoms with E-state index in [9.17, 15) is 0 Å². The van der Waals surface area contributed by atoms with Crippen molar-refractivity contribution in [1.29, 1.82) is 0 Å². The lowest BCUT2D eigenvalue weighted by molar-refractivity contribution is 0.389. The van der Waals surface area contributed by atoms with Gasteiger partial charge in [-0.3, -0.25) is 0 Å². The molecular formula is C7H8ClNS. The van der Waals surface area contributed by atoms with Crippen LogP contribution in [0.4, 0.5) is 0 Å². The molecule has 1 nitrogen and oxygen atoms in total. The van der Waals surface area contributed by atoms with E-state index >= 15 is 0 Å². The summed E-state index contributed by atoms with van der Waals surface area (Å²) in [6.45, 7) is 1.15. The number of hydrogen-bond donors (Lipinski definition) is 1. The fraction of sp³-hybridized carbons (Fsp3) is 0.429. The lowest BCUT2D eigenvalue weighted by Crippen LogP contribution is -2.34. The molecule has 1 aromatic rings. The van der Waals surface area contributed by atoms with Crippen molar-refractivity contribution < 1.29 is 0 Å². The van der Waals surface area contributed by atoms with Gasteiger partial charge in [0.25, 0.3) is 0 Å². The first-order valence-electron chi connectivity index (χ1n) is 3.35. The second kappa shape index (κ2) is 2.53. The zero-order chi connectivity index (χ0) is 6.97. The lowest BCUT2D eigenvalue weighted by atomic mass is 10.1. The van der Waals surface area contributed by atoms with Gasteiger partial charge < -0.3 is 5.32 Å².